The molecule has 0 aromatic heterocycles. The second kappa shape index (κ2) is 7.33. The first-order chi connectivity index (χ1) is 7.15. The Bertz CT molecular complexity index is 249. The second-order valence-corrected chi connectivity index (χ2v) is 3.85. The van der Waals surface area contributed by atoms with E-state index in [0.717, 1.165) is 6.42 Å². The average molecular weight is 208 g/mol. The molecule has 0 aliphatic carbocycles. The zero-order valence-electron chi connectivity index (χ0n) is 10.6. The molecule has 0 radical (unpaired) electrons. The van der Waals surface area contributed by atoms with Gasteiger partial charge in [0, 0.05) is 0 Å². The van der Waals surface area contributed by atoms with Gasteiger partial charge in [-0.15, -0.1) is 0 Å². The van der Waals surface area contributed by atoms with Gasteiger partial charge < -0.3 is 5.11 Å². The second-order valence-electron chi connectivity index (χ2n) is 3.85. The van der Waals surface area contributed by atoms with Gasteiger partial charge in [0.25, 0.3) is 0 Å². The van der Waals surface area contributed by atoms with Crippen LogP contribution in [0.3, 0.4) is 0 Å². The zero-order chi connectivity index (χ0) is 11.8. The van der Waals surface area contributed by atoms with Gasteiger partial charge in [-0.05, 0) is 36.0 Å². The summed E-state index contributed by atoms with van der Waals surface area (Å²) in [6.45, 7) is 10.7. The van der Waals surface area contributed by atoms with Crippen molar-refractivity contribution in [2.45, 2.75) is 47.0 Å². The quantitative estimate of drug-likeness (QED) is 0.771. The maximum Gasteiger partial charge on any atom is 0.115 e. The van der Waals surface area contributed by atoms with Gasteiger partial charge in [-0.2, -0.15) is 0 Å². The van der Waals surface area contributed by atoms with Crippen LogP contribution in [0.5, 0.6) is 5.75 Å². The first-order valence-corrected chi connectivity index (χ1v) is 5.94. The maximum absolute atomic E-state index is 9.15. The lowest BCUT2D eigenvalue weighted by atomic mass is 9.86. The molecule has 0 heterocycles. The van der Waals surface area contributed by atoms with Gasteiger partial charge in [0.05, 0.1) is 0 Å². The molecule has 15 heavy (non-hydrogen) atoms. The topological polar surface area (TPSA) is 20.2 Å². The number of phenolic OH excluding ortho intramolecular Hbond substituents is 1. The summed E-state index contributed by atoms with van der Waals surface area (Å²) in [6, 6.07) is 7.56. The van der Waals surface area contributed by atoms with Gasteiger partial charge >= 0.3 is 0 Å². The summed E-state index contributed by atoms with van der Waals surface area (Å²) in [7, 11) is 0. The van der Waals surface area contributed by atoms with Crippen molar-refractivity contribution in [2.75, 3.05) is 0 Å². The molecule has 0 amide bonds. The standard InChI is InChI=1S/C12H18O.C2H6/c1-4-12(9(2)3)10-5-7-11(13)8-6-10;1-2/h5-9,12-13H,4H2,1-3H3;1-2H3. The van der Waals surface area contributed by atoms with Crippen LogP contribution >= 0.6 is 0 Å². The third-order valence-corrected chi connectivity index (χ3v) is 2.57. The molecule has 0 aliphatic rings. The minimum Gasteiger partial charge on any atom is -0.508 e. The van der Waals surface area contributed by atoms with Gasteiger partial charge in [0.2, 0.25) is 0 Å². The van der Waals surface area contributed by atoms with Crippen LogP contribution in [0, 0.1) is 5.92 Å². The van der Waals surface area contributed by atoms with Crippen molar-refractivity contribution in [3.63, 3.8) is 0 Å². The Morgan fingerprint density at radius 2 is 1.53 bits per heavy atom. The molecule has 0 saturated carbocycles. The summed E-state index contributed by atoms with van der Waals surface area (Å²) in [5.74, 6) is 1.62. The Morgan fingerprint density at radius 1 is 1.07 bits per heavy atom. The molecule has 0 aliphatic heterocycles. The van der Waals surface area contributed by atoms with Crippen LogP contribution in [0.25, 0.3) is 0 Å². The van der Waals surface area contributed by atoms with E-state index in [1.54, 1.807) is 12.1 Å². The lowest BCUT2D eigenvalue weighted by molar-refractivity contribution is 0.469. The molecule has 1 unspecified atom stereocenters. The van der Waals surface area contributed by atoms with E-state index < -0.39 is 0 Å². The number of hydrogen-bond acceptors (Lipinski definition) is 1. The molecular formula is C14H24O. The number of aromatic hydroxyl groups is 1. The summed E-state index contributed by atoms with van der Waals surface area (Å²) >= 11 is 0. The van der Waals surface area contributed by atoms with Crippen molar-refractivity contribution in [3.8, 4) is 5.75 Å². The summed E-state index contributed by atoms with van der Waals surface area (Å²) in [4.78, 5) is 0. The largest absolute Gasteiger partial charge is 0.508 e. The third-order valence-electron chi connectivity index (χ3n) is 2.57. The van der Waals surface area contributed by atoms with Crippen LogP contribution in [-0.2, 0) is 0 Å². The smallest absolute Gasteiger partial charge is 0.115 e. The van der Waals surface area contributed by atoms with Crippen LogP contribution in [0.2, 0.25) is 0 Å². The molecule has 0 bridgehead atoms. The summed E-state index contributed by atoms with van der Waals surface area (Å²) in [5, 5.41) is 9.15. The number of hydrogen-bond donors (Lipinski definition) is 1. The molecule has 1 nitrogen and oxygen atoms in total. The van der Waals surface area contributed by atoms with Crippen LogP contribution < -0.4 is 0 Å². The minimum atomic E-state index is 0.349. The monoisotopic (exact) mass is 208 g/mol. The van der Waals surface area contributed by atoms with Crippen molar-refractivity contribution in [1.82, 2.24) is 0 Å². The lowest BCUT2D eigenvalue weighted by Gasteiger charge is -2.19. The highest BCUT2D eigenvalue weighted by molar-refractivity contribution is 5.28. The van der Waals surface area contributed by atoms with Crippen LogP contribution in [0.4, 0.5) is 0 Å². The molecule has 1 N–H and O–H groups in total. The summed E-state index contributed by atoms with van der Waals surface area (Å²) in [5.41, 5.74) is 1.33. The maximum atomic E-state index is 9.15. The minimum absolute atomic E-state index is 0.349. The van der Waals surface area contributed by atoms with E-state index in [1.807, 2.05) is 26.0 Å². The SMILES string of the molecule is CC.CCC(c1ccc(O)cc1)C(C)C. The predicted octanol–water partition coefficient (Wildman–Crippen LogP) is 4.57. The van der Waals surface area contributed by atoms with E-state index in [9.17, 15) is 0 Å². The molecule has 0 saturated heterocycles. The van der Waals surface area contributed by atoms with Crippen LogP contribution in [0.15, 0.2) is 24.3 Å². The fraction of sp³-hybridized carbons (Fsp3) is 0.571. The van der Waals surface area contributed by atoms with Crippen molar-refractivity contribution in [3.05, 3.63) is 29.8 Å². The molecule has 1 heteroatoms. The Morgan fingerprint density at radius 3 is 1.87 bits per heavy atom. The zero-order valence-corrected chi connectivity index (χ0v) is 10.6. The van der Waals surface area contributed by atoms with Crippen molar-refractivity contribution in [1.29, 1.82) is 0 Å². The van der Waals surface area contributed by atoms with E-state index in [1.165, 1.54) is 5.56 Å². The van der Waals surface area contributed by atoms with E-state index in [0.29, 0.717) is 17.6 Å². The first-order valence-electron chi connectivity index (χ1n) is 5.94. The van der Waals surface area contributed by atoms with E-state index in [2.05, 4.69) is 20.8 Å². The molecule has 1 atom stereocenters. The highest BCUT2D eigenvalue weighted by atomic mass is 16.3. The molecule has 86 valence electrons. The van der Waals surface area contributed by atoms with Crippen molar-refractivity contribution in [2.24, 2.45) is 5.92 Å². The lowest BCUT2D eigenvalue weighted by Crippen LogP contribution is -2.04. The van der Waals surface area contributed by atoms with E-state index >= 15 is 0 Å². The van der Waals surface area contributed by atoms with Gasteiger partial charge in [-0.1, -0.05) is 46.8 Å². The molecule has 1 rings (SSSR count). The number of phenols is 1. The average Bonchev–Trinajstić information content (AvgIpc) is 2.24. The highest BCUT2D eigenvalue weighted by Crippen LogP contribution is 2.28. The normalized spacial score (nSPS) is 11.9. The number of benzene rings is 1. The molecule has 1 aromatic carbocycles. The Labute approximate surface area is 94.2 Å². The van der Waals surface area contributed by atoms with E-state index in [4.69, 9.17) is 5.11 Å². The molecule has 0 fully saturated rings. The van der Waals surface area contributed by atoms with Crippen LogP contribution in [0.1, 0.15) is 52.5 Å². The fourth-order valence-electron chi connectivity index (χ4n) is 1.81. The van der Waals surface area contributed by atoms with Gasteiger partial charge in [0.15, 0.2) is 0 Å². The molecular weight excluding hydrogens is 184 g/mol. The van der Waals surface area contributed by atoms with E-state index in [-0.39, 0.29) is 0 Å². The highest BCUT2D eigenvalue weighted by Gasteiger charge is 2.12. The summed E-state index contributed by atoms with van der Waals surface area (Å²) in [6.07, 6.45) is 1.16. The third kappa shape index (κ3) is 4.37. The Kier molecular flexibility index (Phi) is 6.85. The van der Waals surface area contributed by atoms with Gasteiger partial charge in [-0.25, -0.2) is 0 Å². The van der Waals surface area contributed by atoms with Gasteiger partial charge in [-0.3, -0.25) is 0 Å². The molecule has 1 aromatic rings. The predicted molar refractivity (Wildman–Crippen MR) is 67.3 cm³/mol. The molecule has 0 spiro atoms. The van der Waals surface area contributed by atoms with Gasteiger partial charge in [0.1, 0.15) is 5.75 Å². The first kappa shape index (κ1) is 14.0. The van der Waals surface area contributed by atoms with Crippen molar-refractivity contribution < 1.29 is 5.11 Å². The fourth-order valence-corrected chi connectivity index (χ4v) is 1.81. The van der Waals surface area contributed by atoms with Crippen molar-refractivity contribution >= 4 is 0 Å². The Hall–Kier alpha value is -0.980. The number of rotatable bonds is 3. The summed E-state index contributed by atoms with van der Waals surface area (Å²) < 4.78 is 0. The Balaban J connectivity index is 0.000000921. The van der Waals surface area contributed by atoms with Crippen LogP contribution in [-0.4, -0.2) is 5.11 Å².